The van der Waals surface area contributed by atoms with Crippen molar-refractivity contribution in [2.75, 3.05) is 12.4 Å². The lowest BCUT2D eigenvalue weighted by Crippen LogP contribution is -2.48. The number of nitrogens with one attached hydrogen (secondary N) is 1. The molecule has 0 radical (unpaired) electrons. The fourth-order valence-electron chi connectivity index (χ4n) is 3.38. The zero-order chi connectivity index (χ0) is 18.0. The molecule has 0 bridgehead atoms. The quantitative estimate of drug-likeness (QED) is 0.853. The molecule has 1 amide bonds. The van der Waals surface area contributed by atoms with Gasteiger partial charge in [0.2, 0.25) is 6.43 Å². The first-order chi connectivity index (χ1) is 12.0. The molecule has 1 aromatic carbocycles. The summed E-state index contributed by atoms with van der Waals surface area (Å²) < 4.78 is 31.2. The molecule has 0 saturated heterocycles. The van der Waals surface area contributed by atoms with Crippen molar-refractivity contribution in [2.24, 2.45) is 5.92 Å². The van der Waals surface area contributed by atoms with E-state index in [0.29, 0.717) is 10.7 Å². The van der Waals surface area contributed by atoms with Crippen LogP contribution < -0.4 is 5.32 Å². The van der Waals surface area contributed by atoms with Crippen molar-refractivity contribution in [3.63, 3.8) is 0 Å². The van der Waals surface area contributed by atoms with Crippen LogP contribution in [0.3, 0.4) is 0 Å². The van der Waals surface area contributed by atoms with Crippen LogP contribution in [0.1, 0.15) is 25.7 Å². The Morgan fingerprint density at radius 3 is 2.68 bits per heavy atom. The van der Waals surface area contributed by atoms with E-state index >= 15 is 0 Å². The Morgan fingerprint density at radius 1 is 1.32 bits per heavy atom. The van der Waals surface area contributed by atoms with E-state index in [9.17, 15) is 13.6 Å². The number of methoxy groups -OCH3 is 1. The highest BCUT2D eigenvalue weighted by Crippen LogP contribution is 2.38. The molecule has 1 heterocycles. The normalized spacial score (nSPS) is 23.8. The molecule has 1 aromatic heterocycles. The molecular weight excluding hydrogens is 350 g/mol. The van der Waals surface area contributed by atoms with Gasteiger partial charge in [0.1, 0.15) is 5.60 Å². The van der Waals surface area contributed by atoms with Crippen LogP contribution in [0.2, 0.25) is 5.02 Å². The fraction of sp³-hybridized carbons (Fsp3) is 0.444. The smallest absolute Gasteiger partial charge is 0.256 e. The van der Waals surface area contributed by atoms with Crippen LogP contribution in [0, 0.1) is 5.92 Å². The third kappa shape index (κ3) is 3.46. The summed E-state index contributed by atoms with van der Waals surface area (Å²) in [5, 5.41) is 4.93. The number of rotatable bonds is 4. The van der Waals surface area contributed by atoms with Crippen molar-refractivity contribution < 1.29 is 18.3 Å². The highest BCUT2D eigenvalue weighted by atomic mass is 35.5. The number of benzene rings is 1. The topological polar surface area (TPSA) is 51.2 Å². The third-order valence-corrected chi connectivity index (χ3v) is 5.34. The predicted octanol–water partition coefficient (Wildman–Crippen LogP) is 4.67. The van der Waals surface area contributed by atoms with E-state index in [0.717, 1.165) is 10.8 Å². The molecule has 1 saturated carbocycles. The van der Waals surface area contributed by atoms with Gasteiger partial charge >= 0.3 is 0 Å². The van der Waals surface area contributed by atoms with E-state index in [-0.39, 0.29) is 31.6 Å². The number of fused-ring (bicyclic) bond motifs is 1. The largest absolute Gasteiger partial charge is 0.368 e. The van der Waals surface area contributed by atoms with Gasteiger partial charge in [0.25, 0.3) is 5.91 Å². The first-order valence-electron chi connectivity index (χ1n) is 8.14. The number of pyridine rings is 1. The minimum atomic E-state index is -2.36. The zero-order valence-corrected chi connectivity index (χ0v) is 14.5. The SMILES string of the molecule is COC1(C(=O)Nc2ccc(Cl)c3ccncc23)CCC(C(F)F)CC1. The summed E-state index contributed by atoms with van der Waals surface area (Å²) in [5.74, 6) is -0.994. The van der Waals surface area contributed by atoms with Crippen LogP contribution in [0.5, 0.6) is 0 Å². The number of halogens is 3. The number of carbonyl (C=O) groups excluding carboxylic acids is 1. The minimum Gasteiger partial charge on any atom is -0.368 e. The average Bonchev–Trinajstić information content (AvgIpc) is 2.64. The van der Waals surface area contributed by atoms with Gasteiger partial charge in [-0.2, -0.15) is 0 Å². The standard InChI is InChI=1S/C18H19ClF2N2O2/c1-25-18(7-4-11(5-8-18)16(20)21)17(24)23-15-3-2-14(19)12-6-9-22-10-13(12)15/h2-3,6,9-11,16H,4-5,7-8H2,1H3,(H,23,24). The van der Waals surface area contributed by atoms with Crippen molar-refractivity contribution in [1.29, 1.82) is 0 Å². The van der Waals surface area contributed by atoms with Crippen molar-refractivity contribution >= 4 is 34.0 Å². The lowest BCUT2D eigenvalue weighted by atomic mass is 9.78. The first-order valence-corrected chi connectivity index (χ1v) is 8.51. The molecule has 25 heavy (non-hydrogen) atoms. The van der Waals surface area contributed by atoms with Gasteiger partial charge in [0, 0.05) is 41.2 Å². The number of carbonyl (C=O) groups is 1. The Hall–Kier alpha value is -1.79. The van der Waals surface area contributed by atoms with Crippen molar-refractivity contribution in [3.05, 3.63) is 35.6 Å². The molecule has 1 N–H and O–H groups in total. The number of aromatic nitrogens is 1. The van der Waals surface area contributed by atoms with Crippen molar-refractivity contribution in [3.8, 4) is 0 Å². The molecule has 1 aliphatic rings. The Labute approximate surface area is 149 Å². The van der Waals surface area contributed by atoms with Gasteiger partial charge in [0.05, 0.1) is 5.69 Å². The van der Waals surface area contributed by atoms with Gasteiger partial charge in [-0.1, -0.05) is 11.6 Å². The van der Waals surface area contributed by atoms with Crippen molar-refractivity contribution in [1.82, 2.24) is 4.98 Å². The molecule has 0 atom stereocenters. The molecular formula is C18H19ClF2N2O2. The summed E-state index contributed by atoms with van der Waals surface area (Å²) in [7, 11) is 1.45. The van der Waals surface area contributed by atoms with Gasteiger partial charge in [-0.25, -0.2) is 8.78 Å². The Morgan fingerprint density at radius 2 is 2.04 bits per heavy atom. The number of anilines is 1. The highest BCUT2D eigenvalue weighted by Gasteiger charge is 2.44. The molecule has 2 aromatic rings. The number of amides is 1. The zero-order valence-electron chi connectivity index (χ0n) is 13.8. The maximum absolute atomic E-state index is 12.9. The average molecular weight is 369 g/mol. The minimum absolute atomic E-state index is 0.266. The summed E-state index contributed by atoms with van der Waals surface area (Å²) in [4.78, 5) is 16.9. The predicted molar refractivity (Wildman–Crippen MR) is 93.1 cm³/mol. The van der Waals surface area contributed by atoms with E-state index in [1.54, 1.807) is 30.6 Å². The second-order valence-electron chi connectivity index (χ2n) is 6.34. The highest BCUT2D eigenvalue weighted by molar-refractivity contribution is 6.36. The van der Waals surface area contributed by atoms with Crippen LogP contribution in [0.25, 0.3) is 10.8 Å². The van der Waals surface area contributed by atoms with E-state index in [1.165, 1.54) is 7.11 Å². The molecule has 4 nitrogen and oxygen atoms in total. The van der Waals surface area contributed by atoms with Crippen LogP contribution in [0.4, 0.5) is 14.5 Å². The number of ether oxygens (including phenoxy) is 1. The summed E-state index contributed by atoms with van der Waals surface area (Å²) in [6, 6.07) is 5.18. The summed E-state index contributed by atoms with van der Waals surface area (Å²) in [6.07, 6.45) is 1.97. The van der Waals surface area contributed by atoms with Crippen molar-refractivity contribution in [2.45, 2.75) is 37.7 Å². The monoisotopic (exact) mass is 368 g/mol. The number of nitrogens with zero attached hydrogens (tertiary/aromatic N) is 1. The van der Waals surface area contributed by atoms with Crippen LogP contribution >= 0.6 is 11.6 Å². The lowest BCUT2D eigenvalue weighted by molar-refractivity contribution is -0.144. The maximum atomic E-state index is 12.9. The van der Waals surface area contributed by atoms with Gasteiger partial charge < -0.3 is 10.1 Å². The van der Waals surface area contributed by atoms with E-state index in [4.69, 9.17) is 16.3 Å². The van der Waals surface area contributed by atoms with Crippen LogP contribution in [-0.2, 0) is 9.53 Å². The van der Waals surface area contributed by atoms with Gasteiger partial charge in [-0.15, -0.1) is 0 Å². The summed E-state index contributed by atoms with van der Waals surface area (Å²) in [6.45, 7) is 0. The number of hydrogen-bond acceptors (Lipinski definition) is 3. The van der Waals surface area contributed by atoms with Gasteiger partial charge in [-0.05, 0) is 43.9 Å². The fourth-order valence-corrected chi connectivity index (χ4v) is 3.61. The lowest BCUT2D eigenvalue weighted by Gasteiger charge is -2.37. The second-order valence-corrected chi connectivity index (χ2v) is 6.75. The maximum Gasteiger partial charge on any atom is 0.256 e. The van der Waals surface area contributed by atoms with E-state index in [2.05, 4.69) is 10.3 Å². The van der Waals surface area contributed by atoms with Crippen LogP contribution in [-0.4, -0.2) is 30.0 Å². The Bertz CT molecular complexity index is 777. The van der Waals surface area contributed by atoms with Crippen LogP contribution in [0.15, 0.2) is 30.6 Å². The summed E-state index contributed by atoms with van der Waals surface area (Å²) >= 11 is 6.18. The molecule has 1 aliphatic carbocycles. The Kier molecular flexibility index (Phi) is 5.20. The second kappa shape index (κ2) is 7.22. The van der Waals surface area contributed by atoms with E-state index in [1.807, 2.05) is 0 Å². The Balaban J connectivity index is 1.83. The molecule has 0 spiro atoms. The molecule has 3 rings (SSSR count). The molecule has 1 fully saturated rings. The number of alkyl halides is 2. The first kappa shape index (κ1) is 18.0. The molecule has 7 heteroatoms. The van der Waals surface area contributed by atoms with Gasteiger partial charge in [-0.3, -0.25) is 9.78 Å². The number of hydrogen-bond donors (Lipinski definition) is 1. The molecule has 0 aliphatic heterocycles. The molecule has 134 valence electrons. The molecule has 0 unspecified atom stereocenters. The third-order valence-electron chi connectivity index (χ3n) is 5.01. The van der Waals surface area contributed by atoms with Gasteiger partial charge in [0.15, 0.2) is 0 Å². The van der Waals surface area contributed by atoms with E-state index < -0.39 is 17.9 Å². The summed E-state index contributed by atoms with van der Waals surface area (Å²) in [5.41, 5.74) is -0.510.